The minimum Gasteiger partial charge on any atom is -0.324 e. The van der Waals surface area contributed by atoms with Crippen LogP contribution in [0.25, 0.3) is 17.2 Å². The summed E-state index contributed by atoms with van der Waals surface area (Å²) in [4.78, 5) is 26.8. The summed E-state index contributed by atoms with van der Waals surface area (Å²) in [6.07, 6.45) is 11.1. The molecule has 2 aliphatic rings. The number of carbonyl (C=O) groups excluding carboxylic acids is 1. The summed E-state index contributed by atoms with van der Waals surface area (Å²) in [6, 6.07) is 8.80. The number of rotatable bonds is 6. The van der Waals surface area contributed by atoms with Crippen LogP contribution in [0.1, 0.15) is 71.9 Å². The van der Waals surface area contributed by atoms with E-state index < -0.39 is 11.7 Å². The van der Waals surface area contributed by atoms with E-state index in [2.05, 4.69) is 31.8 Å². The van der Waals surface area contributed by atoms with Crippen LogP contribution in [0.3, 0.4) is 0 Å². The molecular formula is C27H27FN6O. The maximum absolute atomic E-state index is 14.9. The number of imidazole rings is 2. The Morgan fingerprint density at radius 1 is 1.20 bits per heavy atom. The fraction of sp³-hybridized carbons (Fsp3) is 0.333. The van der Waals surface area contributed by atoms with Crippen molar-refractivity contribution in [3.05, 3.63) is 77.4 Å². The molecule has 1 aromatic carbocycles. The first-order valence-corrected chi connectivity index (χ1v) is 12.2. The van der Waals surface area contributed by atoms with Crippen LogP contribution in [-0.4, -0.2) is 30.0 Å². The van der Waals surface area contributed by atoms with E-state index in [4.69, 9.17) is 0 Å². The summed E-state index contributed by atoms with van der Waals surface area (Å²) in [6.45, 7) is 4.00. The highest BCUT2D eigenvalue weighted by molar-refractivity contribution is 6.04. The minimum atomic E-state index is -0.570. The predicted molar refractivity (Wildman–Crippen MR) is 131 cm³/mol. The molecule has 1 aliphatic carbocycles. The van der Waals surface area contributed by atoms with Gasteiger partial charge in [0.2, 0.25) is 0 Å². The van der Waals surface area contributed by atoms with E-state index in [1.165, 1.54) is 11.8 Å². The molecule has 0 spiro atoms. The molecule has 1 saturated carbocycles. The summed E-state index contributed by atoms with van der Waals surface area (Å²) in [5.74, 6) is 0.559. The van der Waals surface area contributed by atoms with Gasteiger partial charge in [0, 0.05) is 30.0 Å². The van der Waals surface area contributed by atoms with Crippen molar-refractivity contribution in [1.29, 1.82) is 0 Å². The second kappa shape index (κ2) is 8.45. The first kappa shape index (κ1) is 21.7. The molecule has 3 aromatic heterocycles. The Morgan fingerprint density at radius 2 is 2.06 bits per heavy atom. The van der Waals surface area contributed by atoms with Gasteiger partial charge >= 0.3 is 0 Å². The number of pyridine rings is 1. The van der Waals surface area contributed by atoms with E-state index in [1.54, 1.807) is 18.5 Å². The van der Waals surface area contributed by atoms with Crippen molar-refractivity contribution < 1.29 is 9.18 Å². The Bertz CT molecular complexity index is 1430. The number of aryl methyl sites for hydroxylation is 2. The summed E-state index contributed by atoms with van der Waals surface area (Å²) < 4.78 is 19.0. The fourth-order valence-electron chi connectivity index (χ4n) is 4.99. The minimum absolute atomic E-state index is 0.0350. The lowest BCUT2D eigenvalue weighted by molar-refractivity contribution is 0.102. The average Bonchev–Trinajstić information content (AvgIpc) is 3.25. The van der Waals surface area contributed by atoms with Gasteiger partial charge < -0.3 is 14.5 Å². The molecule has 0 radical (unpaired) electrons. The van der Waals surface area contributed by atoms with Crippen molar-refractivity contribution in [2.75, 3.05) is 5.32 Å². The number of hydrogen-bond acceptors (Lipinski definition) is 4. The van der Waals surface area contributed by atoms with Gasteiger partial charge in [0.25, 0.3) is 5.91 Å². The predicted octanol–water partition coefficient (Wildman–Crippen LogP) is 5.61. The third kappa shape index (κ3) is 3.92. The van der Waals surface area contributed by atoms with Crippen LogP contribution >= 0.6 is 0 Å². The maximum Gasteiger partial charge on any atom is 0.259 e. The van der Waals surface area contributed by atoms with E-state index in [0.29, 0.717) is 23.5 Å². The van der Waals surface area contributed by atoms with Gasteiger partial charge in [-0.2, -0.15) is 0 Å². The van der Waals surface area contributed by atoms with Crippen LogP contribution in [0.2, 0.25) is 0 Å². The van der Waals surface area contributed by atoms with Crippen molar-refractivity contribution in [1.82, 2.24) is 24.1 Å². The number of carbonyl (C=O) groups is 1. The second-order valence-corrected chi connectivity index (χ2v) is 9.50. The number of nitrogens with one attached hydrogen (secondary N) is 1. The van der Waals surface area contributed by atoms with Gasteiger partial charge in [0.15, 0.2) is 5.82 Å². The first-order chi connectivity index (χ1) is 17.0. The zero-order valence-corrected chi connectivity index (χ0v) is 19.8. The van der Waals surface area contributed by atoms with Gasteiger partial charge in [-0.3, -0.25) is 4.79 Å². The van der Waals surface area contributed by atoms with Crippen LogP contribution in [0.5, 0.6) is 0 Å². The van der Waals surface area contributed by atoms with Crippen molar-refractivity contribution in [2.45, 2.75) is 57.9 Å². The first-order valence-electron chi connectivity index (χ1n) is 12.2. The van der Waals surface area contributed by atoms with Gasteiger partial charge in [0.1, 0.15) is 17.3 Å². The topological polar surface area (TPSA) is 77.6 Å². The summed E-state index contributed by atoms with van der Waals surface area (Å²) in [7, 11) is 0. The largest absolute Gasteiger partial charge is 0.324 e. The molecule has 1 aliphatic heterocycles. The molecule has 1 fully saturated rings. The van der Waals surface area contributed by atoms with Gasteiger partial charge in [0.05, 0.1) is 23.3 Å². The molecule has 7 nitrogen and oxygen atoms in total. The number of fused-ring (bicyclic) bond motifs is 1. The van der Waals surface area contributed by atoms with Gasteiger partial charge in [-0.05, 0) is 68.9 Å². The summed E-state index contributed by atoms with van der Waals surface area (Å²) in [5, 5.41) is 2.77. The Kier molecular flexibility index (Phi) is 5.24. The van der Waals surface area contributed by atoms with Gasteiger partial charge in [-0.15, -0.1) is 0 Å². The van der Waals surface area contributed by atoms with E-state index >= 15 is 0 Å². The smallest absolute Gasteiger partial charge is 0.259 e. The highest BCUT2D eigenvalue weighted by atomic mass is 19.1. The molecular weight excluding hydrogens is 443 g/mol. The van der Waals surface area contributed by atoms with Gasteiger partial charge in [-0.25, -0.2) is 19.3 Å². The van der Waals surface area contributed by atoms with E-state index in [-0.39, 0.29) is 5.56 Å². The van der Waals surface area contributed by atoms with Crippen LogP contribution in [-0.2, 0) is 6.42 Å². The third-order valence-electron chi connectivity index (χ3n) is 7.07. The van der Waals surface area contributed by atoms with E-state index in [0.717, 1.165) is 54.9 Å². The molecule has 0 bridgehead atoms. The number of benzene rings is 1. The highest BCUT2D eigenvalue weighted by Gasteiger charge is 2.27. The van der Waals surface area contributed by atoms with Crippen molar-refractivity contribution >= 4 is 11.7 Å². The molecule has 35 heavy (non-hydrogen) atoms. The number of halogens is 1. The SMILES string of the molecule is CC[C@H]1CCc2cnc(-c3cccc(NC(=O)c4cc(-n5cnc(C6CC6)c5)c(C)cc4F)n3)n21. The molecule has 0 saturated heterocycles. The lowest BCUT2D eigenvalue weighted by Crippen LogP contribution is -2.16. The number of hydrogen-bond donors (Lipinski definition) is 1. The molecule has 4 aromatic rings. The molecule has 178 valence electrons. The molecule has 1 amide bonds. The number of aromatic nitrogens is 5. The summed E-state index contributed by atoms with van der Waals surface area (Å²) in [5.41, 5.74) is 4.37. The lowest BCUT2D eigenvalue weighted by Gasteiger charge is -2.14. The van der Waals surface area contributed by atoms with E-state index in [9.17, 15) is 9.18 Å². The quantitative estimate of drug-likeness (QED) is 0.398. The number of amides is 1. The molecule has 6 rings (SSSR count). The van der Waals surface area contributed by atoms with Crippen molar-refractivity contribution in [3.63, 3.8) is 0 Å². The molecule has 4 heterocycles. The third-order valence-corrected chi connectivity index (χ3v) is 7.07. The monoisotopic (exact) mass is 470 g/mol. The van der Waals surface area contributed by atoms with Crippen LogP contribution in [0.15, 0.2) is 49.1 Å². The Labute approximate surface area is 203 Å². The van der Waals surface area contributed by atoms with E-state index in [1.807, 2.05) is 36.0 Å². The zero-order chi connectivity index (χ0) is 24.1. The van der Waals surface area contributed by atoms with Crippen molar-refractivity contribution in [2.24, 2.45) is 0 Å². The molecule has 0 unspecified atom stereocenters. The Balaban J connectivity index is 1.28. The lowest BCUT2D eigenvalue weighted by atomic mass is 10.1. The Morgan fingerprint density at radius 3 is 2.86 bits per heavy atom. The standard InChI is InChI=1S/C27H27FN6O/c1-3-18-9-10-19-13-29-26(34(18)19)22-5-4-6-25(31-22)32-27(35)20-12-24(16(2)11-21(20)28)33-14-23(30-15-33)17-7-8-17/h4-6,11-15,17-18H,3,7-10H2,1-2H3,(H,31,32,35)/t18-/m0/s1. The number of anilines is 1. The van der Waals surface area contributed by atoms with Crippen LogP contribution in [0.4, 0.5) is 10.2 Å². The summed E-state index contributed by atoms with van der Waals surface area (Å²) >= 11 is 0. The van der Waals surface area contributed by atoms with Crippen molar-refractivity contribution in [3.8, 4) is 17.2 Å². The van der Waals surface area contributed by atoms with Crippen LogP contribution in [0, 0.1) is 12.7 Å². The Hall–Kier alpha value is -3.81. The number of nitrogens with zero attached hydrogens (tertiary/aromatic N) is 5. The zero-order valence-electron chi connectivity index (χ0n) is 19.8. The molecule has 8 heteroatoms. The highest BCUT2D eigenvalue weighted by Crippen LogP contribution is 2.39. The fourth-order valence-corrected chi connectivity index (χ4v) is 4.99. The molecule has 1 N–H and O–H groups in total. The normalized spacial score (nSPS) is 16.9. The van der Waals surface area contributed by atoms with Gasteiger partial charge in [-0.1, -0.05) is 13.0 Å². The molecule has 1 atom stereocenters. The average molecular weight is 471 g/mol. The second-order valence-electron chi connectivity index (χ2n) is 9.50. The maximum atomic E-state index is 14.9. The van der Waals surface area contributed by atoms with Crippen LogP contribution < -0.4 is 5.32 Å².